The van der Waals surface area contributed by atoms with Crippen molar-refractivity contribution < 1.29 is 14.3 Å². The zero-order valence-electron chi connectivity index (χ0n) is 10.5. The number of ether oxygens (including phenoxy) is 2. The fourth-order valence-electron chi connectivity index (χ4n) is 3.05. The lowest BCUT2D eigenvalue weighted by molar-refractivity contribution is 0.0737. The van der Waals surface area contributed by atoms with Crippen LogP contribution in [-0.2, 0) is 0 Å². The van der Waals surface area contributed by atoms with Gasteiger partial charge in [0.2, 0.25) is 0 Å². The Labute approximate surface area is 116 Å². The van der Waals surface area contributed by atoms with E-state index in [1.165, 1.54) is 0 Å². The van der Waals surface area contributed by atoms with Gasteiger partial charge in [0, 0.05) is 23.6 Å². The standard InChI is InChI=1S/C14H15NO3S/c16-14(15-7-10-6-9(15)8-19-10)11-2-1-3-12-13(11)18-5-4-17-12/h1-3,9-10H,4-8H2. The summed E-state index contributed by atoms with van der Waals surface area (Å²) in [5.41, 5.74) is 0.648. The molecule has 2 saturated heterocycles. The number of amides is 1. The van der Waals surface area contributed by atoms with Crippen molar-refractivity contribution in [2.24, 2.45) is 0 Å². The Hall–Kier alpha value is -1.36. The summed E-state index contributed by atoms with van der Waals surface area (Å²) in [6, 6.07) is 5.97. The van der Waals surface area contributed by atoms with Gasteiger partial charge in [-0.25, -0.2) is 0 Å². The smallest absolute Gasteiger partial charge is 0.258 e. The monoisotopic (exact) mass is 277 g/mol. The van der Waals surface area contributed by atoms with Crippen molar-refractivity contribution in [1.29, 1.82) is 0 Å². The lowest BCUT2D eigenvalue weighted by Gasteiger charge is -2.28. The molecule has 100 valence electrons. The second-order valence-corrected chi connectivity index (χ2v) is 6.47. The van der Waals surface area contributed by atoms with Crippen molar-refractivity contribution in [2.45, 2.75) is 17.7 Å². The van der Waals surface area contributed by atoms with E-state index >= 15 is 0 Å². The maximum atomic E-state index is 12.7. The normalized spacial score (nSPS) is 27.7. The number of thioether (sulfide) groups is 1. The van der Waals surface area contributed by atoms with Gasteiger partial charge >= 0.3 is 0 Å². The van der Waals surface area contributed by atoms with Gasteiger partial charge in [0.25, 0.3) is 5.91 Å². The Morgan fingerprint density at radius 1 is 1.32 bits per heavy atom. The number of carbonyl (C=O) groups is 1. The fraction of sp³-hybridized carbons (Fsp3) is 0.500. The minimum Gasteiger partial charge on any atom is -0.486 e. The molecule has 5 heteroatoms. The van der Waals surface area contributed by atoms with E-state index in [2.05, 4.69) is 0 Å². The van der Waals surface area contributed by atoms with Gasteiger partial charge in [0.1, 0.15) is 13.2 Å². The molecule has 4 nitrogen and oxygen atoms in total. The van der Waals surface area contributed by atoms with Crippen molar-refractivity contribution >= 4 is 17.7 Å². The first kappa shape index (κ1) is 11.5. The van der Waals surface area contributed by atoms with Crippen molar-refractivity contribution in [2.75, 3.05) is 25.5 Å². The van der Waals surface area contributed by atoms with Crippen LogP contribution in [0, 0.1) is 0 Å². The Balaban J connectivity index is 1.67. The third kappa shape index (κ3) is 1.79. The number of benzene rings is 1. The van der Waals surface area contributed by atoms with Crippen molar-refractivity contribution in [3.8, 4) is 11.5 Å². The fourth-order valence-corrected chi connectivity index (χ4v) is 4.48. The van der Waals surface area contributed by atoms with E-state index in [9.17, 15) is 4.79 Å². The van der Waals surface area contributed by atoms with E-state index in [-0.39, 0.29) is 5.91 Å². The first-order valence-electron chi connectivity index (χ1n) is 6.64. The molecule has 1 aromatic rings. The van der Waals surface area contributed by atoms with Crippen LogP contribution >= 0.6 is 11.8 Å². The summed E-state index contributed by atoms with van der Waals surface area (Å²) in [6.07, 6.45) is 1.14. The first-order chi connectivity index (χ1) is 9.33. The second-order valence-electron chi connectivity index (χ2n) is 5.13. The highest BCUT2D eigenvalue weighted by atomic mass is 32.2. The molecule has 3 aliphatic rings. The van der Waals surface area contributed by atoms with E-state index in [4.69, 9.17) is 9.47 Å². The van der Waals surface area contributed by atoms with Gasteiger partial charge in [-0.2, -0.15) is 11.8 Å². The number of likely N-dealkylation sites (tertiary alicyclic amines) is 1. The van der Waals surface area contributed by atoms with E-state index in [1.807, 2.05) is 34.9 Å². The summed E-state index contributed by atoms with van der Waals surface area (Å²) in [5, 5.41) is 0.630. The zero-order valence-corrected chi connectivity index (χ0v) is 11.3. The third-order valence-electron chi connectivity index (χ3n) is 3.96. The van der Waals surface area contributed by atoms with Crippen LogP contribution in [0.1, 0.15) is 16.8 Å². The number of hydrogen-bond acceptors (Lipinski definition) is 4. The number of carbonyl (C=O) groups excluding carboxylic acids is 1. The molecule has 0 aliphatic carbocycles. The number of nitrogens with zero attached hydrogens (tertiary/aromatic N) is 1. The minimum atomic E-state index is 0.0927. The van der Waals surface area contributed by atoms with Gasteiger partial charge in [-0.15, -0.1) is 0 Å². The molecule has 2 atom stereocenters. The third-order valence-corrected chi connectivity index (χ3v) is 5.35. The molecule has 0 saturated carbocycles. The van der Waals surface area contributed by atoms with Crippen molar-refractivity contribution in [3.05, 3.63) is 23.8 Å². The quantitative estimate of drug-likeness (QED) is 0.784. The van der Waals surface area contributed by atoms with Crippen LogP contribution in [0.5, 0.6) is 11.5 Å². The van der Waals surface area contributed by atoms with Gasteiger partial charge in [-0.3, -0.25) is 4.79 Å². The molecule has 2 bridgehead atoms. The van der Waals surface area contributed by atoms with Crippen LogP contribution in [0.15, 0.2) is 18.2 Å². The molecular weight excluding hydrogens is 262 g/mol. The summed E-state index contributed by atoms with van der Waals surface area (Å²) in [4.78, 5) is 14.7. The van der Waals surface area contributed by atoms with E-state index in [1.54, 1.807) is 0 Å². The Bertz CT molecular complexity index is 533. The Morgan fingerprint density at radius 2 is 2.21 bits per heavy atom. The lowest BCUT2D eigenvalue weighted by atomic mass is 10.1. The summed E-state index contributed by atoms with van der Waals surface area (Å²) in [5.74, 6) is 2.48. The van der Waals surface area contributed by atoms with Crippen LogP contribution in [0.2, 0.25) is 0 Å². The SMILES string of the molecule is O=C(c1cccc2c1OCCO2)N1CC2CC1CS2. The van der Waals surface area contributed by atoms with Crippen molar-refractivity contribution in [3.63, 3.8) is 0 Å². The summed E-state index contributed by atoms with van der Waals surface area (Å²) >= 11 is 1.99. The van der Waals surface area contributed by atoms with Crippen LogP contribution in [0.3, 0.4) is 0 Å². The van der Waals surface area contributed by atoms with Crippen LogP contribution < -0.4 is 9.47 Å². The lowest BCUT2D eigenvalue weighted by Crippen LogP contribution is -2.39. The molecule has 1 aromatic carbocycles. The molecule has 3 aliphatic heterocycles. The molecule has 4 rings (SSSR count). The maximum absolute atomic E-state index is 12.7. The van der Waals surface area contributed by atoms with Crippen LogP contribution in [0.4, 0.5) is 0 Å². The van der Waals surface area contributed by atoms with E-state index in [0.29, 0.717) is 41.6 Å². The van der Waals surface area contributed by atoms with Gasteiger partial charge < -0.3 is 14.4 Å². The average Bonchev–Trinajstić information content (AvgIpc) is 3.08. The molecule has 0 aromatic heterocycles. The topological polar surface area (TPSA) is 38.8 Å². The molecule has 3 heterocycles. The molecule has 1 amide bonds. The van der Waals surface area contributed by atoms with E-state index < -0.39 is 0 Å². The van der Waals surface area contributed by atoms with Gasteiger partial charge in [0.05, 0.1) is 5.56 Å². The predicted molar refractivity (Wildman–Crippen MR) is 73.1 cm³/mol. The second kappa shape index (κ2) is 4.34. The summed E-state index contributed by atoms with van der Waals surface area (Å²) in [7, 11) is 0. The number of para-hydroxylation sites is 1. The number of fused-ring (bicyclic) bond motifs is 3. The molecule has 0 N–H and O–H groups in total. The minimum absolute atomic E-state index is 0.0927. The molecule has 0 radical (unpaired) electrons. The van der Waals surface area contributed by atoms with Gasteiger partial charge in [0.15, 0.2) is 11.5 Å². The molecule has 19 heavy (non-hydrogen) atoms. The summed E-state index contributed by atoms with van der Waals surface area (Å²) < 4.78 is 11.2. The van der Waals surface area contributed by atoms with Crippen molar-refractivity contribution in [1.82, 2.24) is 4.90 Å². The zero-order chi connectivity index (χ0) is 12.8. The molecule has 2 fully saturated rings. The van der Waals surface area contributed by atoms with Gasteiger partial charge in [-0.05, 0) is 18.6 Å². The first-order valence-corrected chi connectivity index (χ1v) is 7.69. The van der Waals surface area contributed by atoms with Crippen LogP contribution in [-0.4, -0.2) is 47.6 Å². The predicted octanol–water partition coefficient (Wildman–Crippen LogP) is 1.79. The number of hydrogen-bond donors (Lipinski definition) is 0. The number of rotatable bonds is 1. The molecular formula is C14H15NO3S. The summed E-state index contributed by atoms with van der Waals surface area (Å²) in [6.45, 7) is 1.94. The maximum Gasteiger partial charge on any atom is 0.258 e. The largest absolute Gasteiger partial charge is 0.486 e. The van der Waals surface area contributed by atoms with Crippen LogP contribution in [0.25, 0.3) is 0 Å². The van der Waals surface area contributed by atoms with Gasteiger partial charge in [-0.1, -0.05) is 6.07 Å². The highest BCUT2D eigenvalue weighted by Gasteiger charge is 2.42. The highest BCUT2D eigenvalue weighted by Crippen LogP contribution is 2.40. The average molecular weight is 277 g/mol. The molecule has 2 unspecified atom stereocenters. The Kier molecular flexibility index (Phi) is 2.62. The highest BCUT2D eigenvalue weighted by molar-refractivity contribution is 8.00. The molecule has 0 spiro atoms. The van der Waals surface area contributed by atoms with E-state index in [0.717, 1.165) is 18.7 Å². The Morgan fingerprint density at radius 3 is 3.00 bits per heavy atom.